The summed E-state index contributed by atoms with van der Waals surface area (Å²) in [6.07, 6.45) is 1.59. The predicted molar refractivity (Wildman–Crippen MR) is 129 cm³/mol. The minimum absolute atomic E-state index is 0.00977. The van der Waals surface area contributed by atoms with Crippen LogP contribution in [0.3, 0.4) is 0 Å². The minimum atomic E-state index is -0.472. The Hall–Kier alpha value is -3.50. The third-order valence-electron chi connectivity index (χ3n) is 4.93. The molecule has 3 aromatic rings. The summed E-state index contributed by atoms with van der Waals surface area (Å²) in [5.41, 5.74) is 1.95. The van der Waals surface area contributed by atoms with E-state index in [9.17, 15) is 24.1 Å². The Labute approximate surface area is 206 Å². The van der Waals surface area contributed by atoms with Gasteiger partial charge in [0.15, 0.2) is 0 Å². The number of nitro groups is 1. The molecule has 172 valence electrons. The van der Waals surface area contributed by atoms with Crippen LogP contribution in [-0.2, 0) is 17.9 Å². The van der Waals surface area contributed by atoms with E-state index in [2.05, 4.69) is 15.9 Å². The highest BCUT2D eigenvalue weighted by molar-refractivity contribution is 9.10. The van der Waals surface area contributed by atoms with E-state index in [-0.39, 0.29) is 23.7 Å². The first-order chi connectivity index (χ1) is 16.3. The van der Waals surface area contributed by atoms with Crippen molar-refractivity contribution in [2.45, 2.75) is 13.2 Å². The lowest BCUT2D eigenvalue weighted by Gasteiger charge is -2.12. The maximum atomic E-state index is 13.1. The average molecular weight is 543 g/mol. The molecule has 34 heavy (non-hydrogen) atoms. The van der Waals surface area contributed by atoms with Crippen molar-refractivity contribution in [2.24, 2.45) is 0 Å². The lowest BCUT2D eigenvalue weighted by Crippen LogP contribution is -2.27. The highest BCUT2D eigenvalue weighted by atomic mass is 79.9. The highest BCUT2D eigenvalue weighted by Crippen LogP contribution is 2.36. The second-order valence-corrected chi connectivity index (χ2v) is 9.20. The third-order valence-corrected chi connectivity index (χ3v) is 6.33. The van der Waals surface area contributed by atoms with Crippen molar-refractivity contribution in [3.8, 4) is 5.75 Å². The minimum Gasteiger partial charge on any atom is -0.488 e. The standard InChI is InChI=1S/C24H16BrFN2O5S/c25-18-5-10-21(33-14-16-3-8-20(9-4-16)28(31)32)17(11-18)12-22-23(29)27(24(30)34-22)13-15-1-6-19(26)7-2-15/h1-12H,13-14H2. The molecule has 0 N–H and O–H groups in total. The van der Waals surface area contributed by atoms with E-state index in [4.69, 9.17) is 4.74 Å². The molecule has 1 saturated heterocycles. The topological polar surface area (TPSA) is 89.7 Å². The summed E-state index contributed by atoms with van der Waals surface area (Å²) >= 11 is 4.23. The van der Waals surface area contributed by atoms with Crippen LogP contribution in [0.1, 0.15) is 16.7 Å². The first-order valence-electron chi connectivity index (χ1n) is 9.95. The van der Waals surface area contributed by atoms with Crippen LogP contribution < -0.4 is 4.74 Å². The normalized spacial score (nSPS) is 14.6. The van der Waals surface area contributed by atoms with Crippen LogP contribution in [0.15, 0.2) is 76.1 Å². The van der Waals surface area contributed by atoms with E-state index < -0.39 is 21.9 Å². The molecule has 4 rings (SSSR count). The van der Waals surface area contributed by atoms with Gasteiger partial charge in [-0.05, 0) is 71.4 Å². The Morgan fingerprint density at radius 2 is 1.71 bits per heavy atom. The highest BCUT2D eigenvalue weighted by Gasteiger charge is 2.35. The maximum Gasteiger partial charge on any atom is 0.293 e. The van der Waals surface area contributed by atoms with Gasteiger partial charge in [0, 0.05) is 22.2 Å². The number of rotatable bonds is 7. The van der Waals surface area contributed by atoms with Crippen molar-refractivity contribution in [2.75, 3.05) is 0 Å². The molecule has 2 amide bonds. The molecule has 0 radical (unpaired) electrons. The zero-order valence-corrected chi connectivity index (χ0v) is 19.8. The Bertz CT molecular complexity index is 1300. The number of hydrogen-bond acceptors (Lipinski definition) is 6. The molecule has 1 aliphatic rings. The van der Waals surface area contributed by atoms with E-state index in [1.807, 2.05) is 0 Å². The fraction of sp³-hybridized carbons (Fsp3) is 0.0833. The molecule has 7 nitrogen and oxygen atoms in total. The smallest absolute Gasteiger partial charge is 0.293 e. The quantitative estimate of drug-likeness (QED) is 0.197. The third kappa shape index (κ3) is 5.52. The Morgan fingerprint density at radius 3 is 2.38 bits per heavy atom. The summed E-state index contributed by atoms with van der Waals surface area (Å²) in [5.74, 6) is -0.360. The monoisotopic (exact) mass is 542 g/mol. The van der Waals surface area contributed by atoms with Gasteiger partial charge in [0.1, 0.15) is 18.2 Å². The number of nitrogens with zero attached hydrogens (tertiary/aromatic N) is 2. The van der Waals surface area contributed by atoms with Crippen molar-refractivity contribution in [1.82, 2.24) is 4.90 Å². The van der Waals surface area contributed by atoms with Gasteiger partial charge in [-0.25, -0.2) is 4.39 Å². The summed E-state index contributed by atoms with van der Waals surface area (Å²) in [5, 5.41) is 10.4. The number of carbonyl (C=O) groups excluding carboxylic acids is 2. The molecule has 0 aliphatic carbocycles. The van der Waals surface area contributed by atoms with Gasteiger partial charge in [-0.1, -0.05) is 28.1 Å². The number of hydrogen-bond donors (Lipinski definition) is 0. The molecule has 1 aliphatic heterocycles. The van der Waals surface area contributed by atoms with Crippen LogP contribution in [0.25, 0.3) is 6.08 Å². The molecule has 0 saturated carbocycles. The first kappa shape index (κ1) is 23.7. The number of amides is 2. The number of non-ortho nitro benzene ring substituents is 1. The van der Waals surface area contributed by atoms with Crippen molar-refractivity contribution < 1.29 is 23.6 Å². The second kappa shape index (κ2) is 10.2. The zero-order chi connectivity index (χ0) is 24.2. The van der Waals surface area contributed by atoms with Crippen molar-refractivity contribution in [3.05, 3.63) is 109 Å². The Morgan fingerprint density at radius 1 is 1.03 bits per heavy atom. The van der Waals surface area contributed by atoms with Crippen LogP contribution in [0.5, 0.6) is 5.75 Å². The second-order valence-electron chi connectivity index (χ2n) is 7.29. The lowest BCUT2D eigenvalue weighted by atomic mass is 10.1. The number of halogens is 2. The molecule has 0 unspecified atom stereocenters. The largest absolute Gasteiger partial charge is 0.488 e. The van der Waals surface area contributed by atoms with Gasteiger partial charge >= 0.3 is 0 Å². The SMILES string of the molecule is O=C1SC(=Cc2cc(Br)ccc2OCc2ccc([N+](=O)[O-])cc2)C(=O)N1Cc1ccc(F)cc1. The van der Waals surface area contributed by atoms with Crippen molar-refractivity contribution in [3.63, 3.8) is 0 Å². The molecular weight excluding hydrogens is 527 g/mol. The summed E-state index contributed by atoms with van der Waals surface area (Å²) in [6, 6.07) is 16.9. The maximum absolute atomic E-state index is 13.1. The fourth-order valence-corrected chi connectivity index (χ4v) is 4.40. The van der Waals surface area contributed by atoms with E-state index in [0.29, 0.717) is 16.9 Å². The molecule has 0 bridgehead atoms. The summed E-state index contributed by atoms with van der Waals surface area (Å²) in [4.78, 5) is 37.0. The van der Waals surface area contributed by atoms with Gasteiger partial charge in [0.05, 0.1) is 16.4 Å². The van der Waals surface area contributed by atoms with Gasteiger partial charge in [-0.2, -0.15) is 0 Å². The van der Waals surface area contributed by atoms with Crippen LogP contribution in [0, 0.1) is 15.9 Å². The van der Waals surface area contributed by atoms with Gasteiger partial charge in [-0.15, -0.1) is 0 Å². The van der Waals surface area contributed by atoms with Crippen LogP contribution in [0.4, 0.5) is 14.9 Å². The number of thioether (sulfide) groups is 1. The lowest BCUT2D eigenvalue weighted by molar-refractivity contribution is -0.384. The summed E-state index contributed by atoms with van der Waals surface area (Å²) in [6.45, 7) is 0.205. The molecule has 1 fully saturated rings. The number of carbonyl (C=O) groups is 2. The number of nitro benzene ring substituents is 1. The predicted octanol–water partition coefficient (Wildman–Crippen LogP) is 6.31. The zero-order valence-electron chi connectivity index (χ0n) is 17.4. The van der Waals surface area contributed by atoms with E-state index >= 15 is 0 Å². The van der Waals surface area contributed by atoms with E-state index in [1.54, 1.807) is 36.4 Å². The molecule has 3 aromatic carbocycles. The Kier molecular flexibility index (Phi) is 7.09. The Balaban J connectivity index is 1.52. The van der Waals surface area contributed by atoms with Crippen LogP contribution >= 0.6 is 27.7 Å². The average Bonchev–Trinajstić information content (AvgIpc) is 3.07. The molecule has 0 aromatic heterocycles. The number of imide groups is 1. The van der Waals surface area contributed by atoms with Gasteiger partial charge < -0.3 is 4.74 Å². The van der Waals surface area contributed by atoms with Crippen LogP contribution in [0.2, 0.25) is 0 Å². The number of ether oxygens (including phenoxy) is 1. The molecule has 1 heterocycles. The molecular formula is C24H16BrFN2O5S. The fourth-order valence-electron chi connectivity index (χ4n) is 3.19. The van der Waals surface area contributed by atoms with E-state index in [0.717, 1.165) is 26.7 Å². The first-order valence-corrected chi connectivity index (χ1v) is 11.6. The van der Waals surface area contributed by atoms with Crippen LogP contribution in [-0.4, -0.2) is 21.0 Å². The van der Waals surface area contributed by atoms with E-state index in [1.165, 1.54) is 36.4 Å². The molecule has 10 heteroatoms. The van der Waals surface area contributed by atoms with Gasteiger partial charge in [0.2, 0.25) is 0 Å². The molecule has 0 atom stereocenters. The van der Waals surface area contributed by atoms with Crippen molar-refractivity contribution in [1.29, 1.82) is 0 Å². The molecule has 0 spiro atoms. The van der Waals surface area contributed by atoms with Gasteiger partial charge in [-0.3, -0.25) is 24.6 Å². The van der Waals surface area contributed by atoms with Crippen molar-refractivity contribution >= 4 is 50.6 Å². The summed E-state index contributed by atoms with van der Waals surface area (Å²) in [7, 11) is 0. The summed E-state index contributed by atoms with van der Waals surface area (Å²) < 4.78 is 19.8. The van der Waals surface area contributed by atoms with Gasteiger partial charge in [0.25, 0.3) is 16.8 Å². The number of benzene rings is 3.